The Hall–Kier alpha value is 1.44. The molecule has 1 aliphatic rings. The highest BCUT2D eigenvalue weighted by molar-refractivity contribution is 9.26. The Bertz CT molecular complexity index is 103. The fourth-order valence-corrected chi connectivity index (χ4v) is 3.41. The Morgan fingerprint density at radius 2 is 1.38 bits per heavy atom. The first kappa shape index (κ1) is 7.55. The first-order chi connectivity index (χ1) is 3.40. The van der Waals surface area contributed by atoms with Gasteiger partial charge in [0.25, 0.3) is 0 Å². The van der Waals surface area contributed by atoms with Crippen LogP contribution in [0.15, 0.2) is 0 Å². The molecule has 0 N–H and O–H groups in total. The number of hydrogen-bond donors (Lipinski definition) is 0. The van der Waals surface area contributed by atoms with Crippen molar-refractivity contribution in [2.45, 2.75) is 21.9 Å². The molecule has 0 heterocycles. The van der Waals surface area contributed by atoms with Crippen LogP contribution in [0.4, 0.5) is 0 Å². The van der Waals surface area contributed by atoms with E-state index in [-0.39, 0.29) is 3.23 Å². The molecule has 8 heavy (non-hydrogen) atoms. The van der Waals surface area contributed by atoms with Crippen LogP contribution in [0.2, 0.25) is 0 Å². The normalized spacial score (nSPS) is 39.4. The van der Waals surface area contributed by atoms with Gasteiger partial charge in [-0.25, -0.2) is 0 Å². The molecule has 0 saturated heterocycles. The van der Waals surface area contributed by atoms with Crippen molar-refractivity contribution in [3.05, 3.63) is 0 Å². The quantitative estimate of drug-likeness (QED) is 0.603. The highest BCUT2D eigenvalue weighted by atomic mass is 79.9. The lowest BCUT2D eigenvalue weighted by atomic mass is 10.2. The molecule has 1 atom stereocenters. The summed E-state index contributed by atoms with van der Waals surface area (Å²) in [6.45, 7) is 4.41. The second kappa shape index (κ2) is 1.73. The number of rotatable bonds is 0. The summed E-state index contributed by atoms with van der Waals surface area (Å²) in [5, 5.41) is 0. The Kier molecular flexibility index (Phi) is 1.63. The van der Waals surface area contributed by atoms with E-state index < -0.39 is 0 Å². The van der Waals surface area contributed by atoms with E-state index in [0.717, 1.165) is 0 Å². The van der Waals surface area contributed by atoms with Gasteiger partial charge < -0.3 is 0 Å². The summed E-state index contributed by atoms with van der Waals surface area (Å²) in [5.74, 6) is 0. The molecular formula is C5H7Br3. The fourth-order valence-electron chi connectivity index (χ4n) is 0.599. The molecule has 1 rings (SSSR count). The first-order valence-corrected chi connectivity index (χ1v) is 4.93. The van der Waals surface area contributed by atoms with E-state index in [1.165, 1.54) is 0 Å². The van der Waals surface area contributed by atoms with E-state index in [4.69, 9.17) is 0 Å². The third-order valence-electron chi connectivity index (χ3n) is 1.73. The van der Waals surface area contributed by atoms with Gasteiger partial charge in [-0.3, -0.25) is 0 Å². The lowest BCUT2D eigenvalue weighted by Crippen LogP contribution is -1.94. The van der Waals surface area contributed by atoms with Crippen LogP contribution in [0.25, 0.3) is 0 Å². The molecular weight excluding hydrogens is 300 g/mol. The van der Waals surface area contributed by atoms with Gasteiger partial charge in [-0.1, -0.05) is 61.6 Å². The van der Waals surface area contributed by atoms with Crippen LogP contribution in [0.5, 0.6) is 0 Å². The van der Waals surface area contributed by atoms with E-state index in [9.17, 15) is 0 Å². The molecule has 0 nitrogen and oxygen atoms in total. The van der Waals surface area contributed by atoms with Gasteiger partial charge in [-0.15, -0.1) is 0 Å². The minimum Gasteiger partial charge on any atom is -0.0859 e. The van der Waals surface area contributed by atoms with Crippen molar-refractivity contribution in [2.75, 3.05) is 0 Å². The molecule has 0 aromatic carbocycles. The zero-order valence-electron chi connectivity index (χ0n) is 4.71. The summed E-state index contributed by atoms with van der Waals surface area (Å²) in [6.07, 6.45) is 0. The monoisotopic (exact) mass is 304 g/mol. The van der Waals surface area contributed by atoms with Crippen LogP contribution in [0, 0.1) is 5.41 Å². The van der Waals surface area contributed by atoms with Gasteiger partial charge in [0.2, 0.25) is 0 Å². The zero-order valence-corrected chi connectivity index (χ0v) is 9.47. The maximum absolute atomic E-state index is 3.54. The van der Waals surface area contributed by atoms with Gasteiger partial charge in [0.15, 0.2) is 0 Å². The van der Waals surface area contributed by atoms with Crippen LogP contribution in [-0.2, 0) is 0 Å². The third kappa shape index (κ3) is 0.739. The Morgan fingerprint density at radius 3 is 1.38 bits per heavy atom. The Balaban J connectivity index is 2.72. The molecule has 0 bridgehead atoms. The van der Waals surface area contributed by atoms with Crippen molar-refractivity contribution in [2.24, 2.45) is 5.41 Å². The van der Waals surface area contributed by atoms with Crippen LogP contribution in [0.1, 0.15) is 13.8 Å². The van der Waals surface area contributed by atoms with Crippen LogP contribution < -0.4 is 0 Å². The summed E-state index contributed by atoms with van der Waals surface area (Å²) >= 11 is 10.6. The summed E-state index contributed by atoms with van der Waals surface area (Å²) in [6, 6.07) is 0. The van der Waals surface area contributed by atoms with Crippen molar-refractivity contribution >= 4 is 47.8 Å². The van der Waals surface area contributed by atoms with Crippen molar-refractivity contribution in [3.63, 3.8) is 0 Å². The Morgan fingerprint density at radius 1 is 1.25 bits per heavy atom. The van der Waals surface area contributed by atoms with E-state index in [2.05, 4.69) is 61.6 Å². The number of halogens is 3. The second-order valence-corrected chi connectivity index (χ2v) is 7.19. The van der Waals surface area contributed by atoms with Crippen LogP contribution in [-0.4, -0.2) is 8.06 Å². The third-order valence-corrected chi connectivity index (χ3v) is 7.75. The maximum Gasteiger partial charge on any atom is 0.0997 e. The molecule has 0 spiro atoms. The average molecular weight is 307 g/mol. The van der Waals surface area contributed by atoms with Crippen molar-refractivity contribution in [3.8, 4) is 0 Å². The molecule has 3 heteroatoms. The molecule has 0 aliphatic heterocycles. The summed E-state index contributed by atoms with van der Waals surface area (Å²) in [5.41, 5.74) is 0.354. The fraction of sp³-hybridized carbons (Fsp3) is 1.00. The molecule has 0 aromatic heterocycles. The van der Waals surface area contributed by atoms with Gasteiger partial charge in [0.1, 0.15) is 0 Å². The predicted molar refractivity (Wildman–Crippen MR) is 47.1 cm³/mol. The highest BCUT2D eigenvalue weighted by Crippen LogP contribution is 2.69. The molecule has 1 fully saturated rings. The van der Waals surface area contributed by atoms with E-state index in [1.807, 2.05) is 0 Å². The predicted octanol–water partition coefficient (Wildman–Crippen LogP) is 3.28. The van der Waals surface area contributed by atoms with Crippen molar-refractivity contribution in [1.29, 1.82) is 0 Å². The molecule has 1 saturated carbocycles. The molecule has 0 unspecified atom stereocenters. The summed E-state index contributed by atoms with van der Waals surface area (Å²) in [7, 11) is 0. The topological polar surface area (TPSA) is 0 Å². The van der Waals surface area contributed by atoms with E-state index in [1.54, 1.807) is 0 Å². The van der Waals surface area contributed by atoms with Crippen molar-refractivity contribution in [1.82, 2.24) is 0 Å². The largest absolute Gasteiger partial charge is 0.0997 e. The van der Waals surface area contributed by atoms with Crippen LogP contribution in [0.3, 0.4) is 0 Å². The Labute approximate surface area is 74.8 Å². The molecule has 0 aromatic rings. The number of alkyl halides is 3. The minimum absolute atomic E-state index is 0.146. The van der Waals surface area contributed by atoms with Gasteiger partial charge >= 0.3 is 0 Å². The summed E-state index contributed by atoms with van der Waals surface area (Å²) in [4.78, 5) is 0.558. The molecule has 1 aliphatic carbocycles. The highest BCUT2D eigenvalue weighted by Gasteiger charge is 2.67. The van der Waals surface area contributed by atoms with Gasteiger partial charge in [0, 0.05) is 10.2 Å². The van der Waals surface area contributed by atoms with Gasteiger partial charge in [-0.05, 0) is 0 Å². The standard InChI is InChI=1S/C5H7Br3/c1-4(2)3(6)5(4,7)8/h3H,1-2H3/t3-/m0/s1. The lowest BCUT2D eigenvalue weighted by molar-refractivity contribution is 0.658. The molecule has 48 valence electrons. The smallest absolute Gasteiger partial charge is 0.0859 e. The van der Waals surface area contributed by atoms with Crippen LogP contribution >= 0.6 is 47.8 Å². The van der Waals surface area contributed by atoms with Gasteiger partial charge in [0.05, 0.1) is 3.23 Å². The molecule has 0 radical (unpaired) electrons. The number of hydrogen-bond acceptors (Lipinski definition) is 0. The first-order valence-electron chi connectivity index (χ1n) is 2.42. The SMILES string of the molecule is CC1(C)[C@H](Br)C1(Br)Br. The zero-order chi connectivity index (χ0) is 6.58. The molecule has 0 amide bonds. The second-order valence-electron chi connectivity index (χ2n) is 2.71. The van der Waals surface area contributed by atoms with E-state index in [0.29, 0.717) is 10.2 Å². The average Bonchev–Trinajstić information content (AvgIpc) is 1.88. The minimum atomic E-state index is 0.146. The van der Waals surface area contributed by atoms with Gasteiger partial charge in [-0.2, -0.15) is 0 Å². The summed E-state index contributed by atoms with van der Waals surface area (Å²) < 4.78 is 0.146. The lowest BCUT2D eigenvalue weighted by Gasteiger charge is -1.99. The maximum atomic E-state index is 3.54. The van der Waals surface area contributed by atoms with E-state index >= 15 is 0 Å². The van der Waals surface area contributed by atoms with Crippen molar-refractivity contribution < 1.29 is 0 Å².